The highest BCUT2D eigenvalue weighted by molar-refractivity contribution is 9.10. The second-order valence-electron chi connectivity index (χ2n) is 4.48. The summed E-state index contributed by atoms with van der Waals surface area (Å²) in [6.07, 6.45) is 1.61. The third-order valence-corrected chi connectivity index (χ3v) is 3.80. The van der Waals surface area contributed by atoms with Crippen LogP contribution in [0.2, 0.25) is 0 Å². The zero-order valence-electron chi connectivity index (χ0n) is 10.5. The van der Waals surface area contributed by atoms with Gasteiger partial charge in [0.15, 0.2) is 5.78 Å². The molecule has 0 spiro atoms. The molecule has 0 fully saturated rings. The van der Waals surface area contributed by atoms with Crippen molar-refractivity contribution in [1.29, 1.82) is 0 Å². The highest BCUT2D eigenvalue weighted by Crippen LogP contribution is 2.22. The zero-order valence-corrected chi connectivity index (χ0v) is 12.1. The first-order chi connectivity index (χ1) is 9.65. The molecule has 1 aromatic heterocycles. The molecular formula is C16H11BrN2O. The van der Waals surface area contributed by atoms with E-state index in [2.05, 4.69) is 20.9 Å². The molecule has 2 N–H and O–H groups in total. The van der Waals surface area contributed by atoms with E-state index in [0.29, 0.717) is 16.8 Å². The van der Waals surface area contributed by atoms with E-state index >= 15 is 0 Å². The van der Waals surface area contributed by atoms with Crippen molar-refractivity contribution in [3.63, 3.8) is 0 Å². The third kappa shape index (κ3) is 2.30. The van der Waals surface area contributed by atoms with Gasteiger partial charge in [0, 0.05) is 32.9 Å². The number of halogens is 1. The number of aromatic nitrogens is 1. The number of anilines is 1. The summed E-state index contributed by atoms with van der Waals surface area (Å²) < 4.78 is 0.720. The Balaban J connectivity index is 2.05. The first kappa shape index (κ1) is 12.8. The average Bonchev–Trinajstić information content (AvgIpc) is 2.49. The first-order valence-electron chi connectivity index (χ1n) is 6.09. The lowest BCUT2D eigenvalue weighted by Gasteiger charge is -2.05. The number of hydrogen-bond donors (Lipinski definition) is 1. The van der Waals surface area contributed by atoms with Gasteiger partial charge in [-0.1, -0.05) is 18.2 Å². The third-order valence-electron chi connectivity index (χ3n) is 3.12. The Kier molecular flexibility index (Phi) is 3.24. The van der Waals surface area contributed by atoms with E-state index in [4.69, 9.17) is 5.73 Å². The molecule has 0 aliphatic heterocycles. The number of ketones is 1. The number of carbonyl (C=O) groups excluding carboxylic acids is 1. The van der Waals surface area contributed by atoms with Crippen LogP contribution in [0, 0.1) is 0 Å². The number of pyridine rings is 1. The van der Waals surface area contributed by atoms with Gasteiger partial charge in [-0.05, 0) is 46.3 Å². The van der Waals surface area contributed by atoms with Gasteiger partial charge in [-0.15, -0.1) is 0 Å². The van der Waals surface area contributed by atoms with Crippen molar-refractivity contribution in [1.82, 2.24) is 4.98 Å². The summed E-state index contributed by atoms with van der Waals surface area (Å²) in [5.74, 6) is -0.0658. The van der Waals surface area contributed by atoms with Crippen molar-refractivity contribution in [2.24, 2.45) is 0 Å². The number of nitrogens with zero attached hydrogens (tertiary/aromatic N) is 1. The second kappa shape index (κ2) is 5.06. The molecule has 0 bridgehead atoms. The number of nitrogen functional groups attached to an aromatic ring is 1. The van der Waals surface area contributed by atoms with Crippen LogP contribution in [0.3, 0.4) is 0 Å². The van der Waals surface area contributed by atoms with Gasteiger partial charge in [0.05, 0.1) is 5.52 Å². The maximum Gasteiger partial charge on any atom is 0.194 e. The van der Waals surface area contributed by atoms with Crippen LogP contribution >= 0.6 is 15.9 Å². The number of para-hydroxylation sites is 1. The van der Waals surface area contributed by atoms with E-state index in [1.165, 1.54) is 0 Å². The Morgan fingerprint density at radius 1 is 1.05 bits per heavy atom. The van der Waals surface area contributed by atoms with Crippen molar-refractivity contribution in [3.05, 3.63) is 70.3 Å². The second-order valence-corrected chi connectivity index (χ2v) is 5.34. The fourth-order valence-electron chi connectivity index (χ4n) is 2.03. The number of rotatable bonds is 2. The first-order valence-corrected chi connectivity index (χ1v) is 6.89. The molecule has 0 saturated carbocycles. The summed E-state index contributed by atoms with van der Waals surface area (Å²) in [6, 6.07) is 14.7. The van der Waals surface area contributed by atoms with E-state index in [-0.39, 0.29) is 5.78 Å². The molecule has 0 unspecified atom stereocenters. The van der Waals surface area contributed by atoms with Crippen LogP contribution in [0.5, 0.6) is 0 Å². The molecule has 98 valence electrons. The lowest BCUT2D eigenvalue weighted by molar-refractivity contribution is 0.103. The van der Waals surface area contributed by atoms with Crippen molar-refractivity contribution in [3.8, 4) is 0 Å². The largest absolute Gasteiger partial charge is 0.398 e. The molecule has 3 rings (SSSR count). The van der Waals surface area contributed by atoms with E-state index < -0.39 is 0 Å². The van der Waals surface area contributed by atoms with Gasteiger partial charge in [-0.25, -0.2) is 0 Å². The van der Waals surface area contributed by atoms with Gasteiger partial charge in [-0.2, -0.15) is 0 Å². The van der Waals surface area contributed by atoms with Crippen LogP contribution in [-0.2, 0) is 0 Å². The Morgan fingerprint density at radius 2 is 1.85 bits per heavy atom. The number of carbonyl (C=O) groups is 1. The van der Waals surface area contributed by atoms with Crippen molar-refractivity contribution >= 4 is 38.3 Å². The van der Waals surface area contributed by atoms with Crippen molar-refractivity contribution in [2.45, 2.75) is 0 Å². The predicted octanol–water partition coefficient (Wildman–Crippen LogP) is 3.81. The molecule has 2 aromatic carbocycles. The minimum atomic E-state index is -0.0658. The number of benzene rings is 2. The molecule has 0 saturated heterocycles. The molecule has 0 aliphatic rings. The van der Waals surface area contributed by atoms with Crippen LogP contribution in [0.25, 0.3) is 10.9 Å². The van der Waals surface area contributed by atoms with Gasteiger partial charge in [-0.3, -0.25) is 9.78 Å². The summed E-state index contributed by atoms with van der Waals surface area (Å²) >= 11 is 3.33. The van der Waals surface area contributed by atoms with E-state index in [1.807, 2.05) is 30.3 Å². The van der Waals surface area contributed by atoms with Gasteiger partial charge in [0.1, 0.15) is 0 Å². The van der Waals surface area contributed by atoms with Crippen LogP contribution in [0.15, 0.2) is 59.2 Å². The van der Waals surface area contributed by atoms with Crippen molar-refractivity contribution in [2.75, 3.05) is 5.73 Å². The van der Waals surface area contributed by atoms with E-state index in [0.717, 1.165) is 15.4 Å². The molecule has 20 heavy (non-hydrogen) atoms. The number of hydrogen-bond acceptors (Lipinski definition) is 3. The summed E-state index contributed by atoms with van der Waals surface area (Å²) in [4.78, 5) is 16.8. The van der Waals surface area contributed by atoms with Crippen LogP contribution in [-0.4, -0.2) is 10.8 Å². The molecule has 0 atom stereocenters. The quantitative estimate of drug-likeness (QED) is 0.575. The average molecular weight is 327 g/mol. The molecule has 3 aromatic rings. The Hall–Kier alpha value is -2.20. The molecule has 4 heteroatoms. The highest BCUT2D eigenvalue weighted by Gasteiger charge is 2.11. The lowest BCUT2D eigenvalue weighted by Crippen LogP contribution is -2.02. The zero-order chi connectivity index (χ0) is 14.1. The maximum atomic E-state index is 12.5. The minimum Gasteiger partial charge on any atom is -0.398 e. The topological polar surface area (TPSA) is 56.0 Å². The van der Waals surface area contributed by atoms with E-state index in [1.54, 1.807) is 24.4 Å². The SMILES string of the molecule is Nc1ccc(C(=O)c2cnc3ccccc3c2)cc1Br. The lowest BCUT2D eigenvalue weighted by atomic mass is 10.0. The number of nitrogens with two attached hydrogens (primary N) is 1. The van der Waals surface area contributed by atoms with Gasteiger partial charge < -0.3 is 5.73 Å². The van der Waals surface area contributed by atoms with Gasteiger partial charge in [0.2, 0.25) is 0 Å². The van der Waals surface area contributed by atoms with Gasteiger partial charge in [0.25, 0.3) is 0 Å². The highest BCUT2D eigenvalue weighted by atomic mass is 79.9. The normalized spacial score (nSPS) is 10.7. The van der Waals surface area contributed by atoms with E-state index in [9.17, 15) is 4.79 Å². The number of fused-ring (bicyclic) bond motifs is 1. The van der Waals surface area contributed by atoms with Gasteiger partial charge >= 0.3 is 0 Å². The van der Waals surface area contributed by atoms with Crippen LogP contribution in [0.1, 0.15) is 15.9 Å². The summed E-state index contributed by atoms with van der Waals surface area (Å²) in [5.41, 5.74) is 8.37. The summed E-state index contributed by atoms with van der Waals surface area (Å²) in [5, 5.41) is 0.952. The van der Waals surface area contributed by atoms with Crippen LogP contribution in [0.4, 0.5) is 5.69 Å². The molecule has 0 radical (unpaired) electrons. The Labute approximate surface area is 124 Å². The fraction of sp³-hybridized carbons (Fsp3) is 0. The molecule has 1 heterocycles. The minimum absolute atomic E-state index is 0.0658. The molecular weight excluding hydrogens is 316 g/mol. The Morgan fingerprint density at radius 3 is 2.65 bits per heavy atom. The summed E-state index contributed by atoms with van der Waals surface area (Å²) in [7, 11) is 0. The van der Waals surface area contributed by atoms with Crippen LogP contribution < -0.4 is 5.73 Å². The fourth-order valence-corrected chi connectivity index (χ4v) is 2.41. The monoisotopic (exact) mass is 326 g/mol. The smallest absolute Gasteiger partial charge is 0.194 e. The maximum absolute atomic E-state index is 12.5. The molecule has 0 amide bonds. The van der Waals surface area contributed by atoms with Crippen molar-refractivity contribution < 1.29 is 4.79 Å². The molecule has 0 aliphatic carbocycles. The molecule has 3 nitrogen and oxygen atoms in total. The summed E-state index contributed by atoms with van der Waals surface area (Å²) in [6.45, 7) is 0. The predicted molar refractivity (Wildman–Crippen MR) is 83.7 cm³/mol. The standard InChI is InChI=1S/C16H11BrN2O/c17-13-8-11(5-6-14(13)18)16(20)12-7-10-3-1-2-4-15(10)19-9-12/h1-9H,18H2. The Bertz CT molecular complexity index is 814.